The van der Waals surface area contributed by atoms with Gasteiger partial charge < -0.3 is 16.2 Å². The number of aliphatic hydroxyl groups is 1. The van der Waals surface area contributed by atoms with Gasteiger partial charge in [-0.1, -0.05) is 0 Å². The van der Waals surface area contributed by atoms with Gasteiger partial charge in [0.15, 0.2) is 5.82 Å². The number of anilines is 1. The summed E-state index contributed by atoms with van der Waals surface area (Å²) in [6.07, 6.45) is 1.41. The van der Waals surface area contributed by atoms with E-state index in [1.165, 1.54) is 6.33 Å². The van der Waals surface area contributed by atoms with Crippen molar-refractivity contribution in [1.82, 2.24) is 19.9 Å². The summed E-state index contributed by atoms with van der Waals surface area (Å²) in [6.45, 7) is 1.27. The number of fused-ring (bicyclic) bond motifs is 1. The minimum Gasteiger partial charge on any atom is -0.395 e. The van der Waals surface area contributed by atoms with Crippen LogP contribution < -0.4 is 11.1 Å². The first-order valence-electron chi connectivity index (χ1n) is 4.82. The molecule has 0 spiro atoms. The number of aromatic nitrogens is 3. The van der Waals surface area contributed by atoms with Crippen molar-refractivity contribution in [2.75, 3.05) is 18.9 Å². The van der Waals surface area contributed by atoms with Crippen LogP contribution >= 0.6 is 15.9 Å². The number of nitrogen functional groups attached to an aromatic ring is 1. The van der Waals surface area contributed by atoms with E-state index in [4.69, 9.17) is 10.8 Å². The molecule has 0 atom stereocenters. The van der Waals surface area contributed by atoms with Gasteiger partial charge in [-0.2, -0.15) is 5.10 Å². The van der Waals surface area contributed by atoms with Crippen LogP contribution in [0, 0.1) is 0 Å². The highest BCUT2D eigenvalue weighted by Crippen LogP contribution is 2.23. The molecule has 0 saturated carbocycles. The van der Waals surface area contributed by atoms with Gasteiger partial charge in [0, 0.05) is 13.1 Å². The normalized spacial score (nSPS) is 11.1. The second kappa shape index (κ2) is 4.77. The van der Waals surface area contributed by atoms with Gasteiger partial charge in [0.1, 0.15) is 16.4 Å². The first-order chi connectivity index (χ1) is 7.74. The van der Waals surface area contributed by atoms with Gasteiger partial charge in [-0.15, -0.1) is 0 Å². The Labute approximate surface area is 101 Å². The number of hydrogen-bond donors (Lipinski definition) is 3. The van der Waals surface area contributed by atoms with Crippen molar-refractivity contribution >= 4 is 27.3 Å². The van der Waals surface area contributed by atoms with Crippen LogP contribution in [0.4, 0.5) is 5.82 Å². The van der Waals surface area contributed by atoms with Crippen LogP contribution in [0.5, 0.6) is 0 Å². The molecule has 0 aliphatic heterocycles. The SMILES string of the molecule is Nc1ncnn2c(Br)cc(CNCCO)c12. The summed E-state index contributed by atoms with van der Waals surface area (Å²) < 4.78 is 2.52. The fourth-order valence-corrected chi connectivity index (χ4v) is 2.08. The van der Waals surface area contributed by atoms with Gasteiger partial charge in [0.25, 0.3) is 0 Å². The summed E-state index contributed by atoms with van der Waals surface area (Å²) in [5.74, 6) is 0.446. The van der Waals surface area contributed by atoms with Crippen molar-refractivity contribution in [3.63, 3.8) is 0 Å². The molecule has 16 heavy (non-hydrogen) atoms. The molecule has 0 aliphatic rings. The van der Waals surface area contributed by atoms with Crippen LogP contribution in [0.3, 0.4) is 0 Å². The fourth-order valence-electron chi connectivity index (χ4n) is 1.54. The summed E-state index contributed by atoms with van der Waals surface area (Å²) in [6, 6.07) is 1.94. The van der Waals surface area contributed by atoms with Crippen molar-refractivity contribution in [3.05, 3.63) is 22.6 Å². The highest BCUT2D eigenvalue weighted by molar-refractivity contribution is 9.10. The van der Waals surface area contributed by atoms with Gasteiger partial charge in [-0.25, -0.2) is 9.50 Å². The molecule has 0 unspecified atom stereocenters. The predicted molar refractivity (Wildman–Crippen MR) is 63.9 cm³/mol. The van der Waals surface area contributed by atoms with E-state index in [1.807, 2.05) is 6.07 Å². The third-order valence-corrected chi connectivity index (χ3v) is 2.79. The summed E-state index contributed by atoms with van der Waals surface area (Å²) in [7, 11) is 0. The number of nitrogens with one attached hydrogen (secondary N) is 1. The lowest BCUT2D eigenvalue weighted by atomic mass is 10.2. The largest absolute Gasteiger partial charge is 0.395 e. The van der Waals surface area contributed by atoms with Crippen LogP contribution in [0.2, 0.25) is 0 Å². The van der Waals surface area contributed by atoms with Gasteiger partial charge in [0.2, 0.25) is 0 Å². The molecule has 0 bridgehead atoms. The summed E-state index contributed by atoms with van der Waals surface area (Å²) in [5, 5.41) is 15.9. The molecule has 0 saturated heterocycles. The molecule has 0 amide bonds. The number of halogens is 1. The molecule has 0 fully saturated rings. The van der Waals surface area contributed by atoms with Crippen molar-refractivity contribution in [3.8, 4) is 0 Å². The number of nitrogens with two attached hydrogens (primary N) is 1. The molecule has 2 aromatic heterocycles. The van der Waals surface area contributed by atoms with E-state index in [0.717, 1.165) is 15.7 Å². The fraction of sp³-hybridized carbons (Fsp3) is 0.333. The van der Waals surface area contributed by atoms with E-state index in [-0.39, 0.29) is 6.61 Å². The first-order valence-corrected chi connectivity index (χ1v) is 5.61. The maximum Gasteiger partial charge on any atom is 0.151 e. The molecule has 86 valence electrons. The Kier molecular flexibility index (Phi) is 3.37. The van der Waals surface area contributed by atoms with Crippen LogP contribution in [-0.2, 0) is 6.54 Å². The van der Waals surface area contributed by atoms with Crippen LogP contribution in [0.1, 0.15) is 5.56 Å². The van der Waals surface area contributed by atoms with Crippen LogP contribution in [0.15, 0.2) is 17.0 Å². The maximum absolute atomic E-state index is 8.69. The monoisotopic (exact) mass is 285 g/mol. The van der Waals surface area contributed by atoms with Crippen molar-refractivity contribution in [2.45, 2.75) is 6.54 Å². The van der Waals surface area contributed by atoms with E-state index < -0.39 is 0 Å². The molecular weight excluding hydrogens is 274 g/mol. The van der Waals surface area contributed by atoms with Gasteiger partial charge in [-0.05, 0) is 27.6 Å². The highest BCUT2D eigenvalue weighted by Gasteiger charge is 2.11. The Balaban J connectivity index is 2.37. The minimum atomic E-state index is 0.110. The number of nitrogens with zero attached hydrogens (tertiary/aromatic N) is 3. The zero-order chi connectivity index (χ0) is 11.5. The van der Waals surface area contributed by atoms with Crippen LogP contribution in [0.25, 0.3) is 5.52 Å². The number of rotatable bonds is 4. The van der Waals surface area contributed by atoms with Gasteiger partial charge >= 0.3 is 0 Å². The number of hydrogen-bond acceptors (Lipinski definition) is 5. The molecule has 2 rings (SSSR count). The highest BCUT2D eigenvalue weighted by atomic mass is 79.9. The van der Waals surface area contributed by atoms with Crippen molar-refractivity contribution < 1.29 is 5.11 Å². The van der Waals surface area contributed by atoms with Gasteiger partial charge in [-0.3, -0.25) is 0 Å². The third kappa shape index (κ3) is 2.01. The zero-order valence-corrected chi connectivity index (χ0v) is 10.1. The average molecular weight is 286 g/mol. The topological polar surface area (TPSA) is 88.5 Å². The molecule has 0 radical (unpaired) electrons. The van der Waals surface area contributed by atoms with Crippen molar-refractivity contribution in [2.24, 2.45) is 0 Å². The Hall–Kier alpha value is -1.18. The van der Waals surface area contributed by atoms with E-state index in [2.05, 4.69) is 31.3 Å². The standard InChI is InChI=1S/C9H12BrN5O/c10-7-3-6(4-12-1-2-16)8-9(11)13-5-14-15(7)8/h3,5,12,16H,1-2,4H2,(H2,11,13,14). The minimum absolute atomic E-state index is 0.110. The second-order valence-corrected chi connectivity index (χ2v) is 4.11. The van der Waals surface area contributed by atoms with Gasteiger partial charge in [0.05, 0.1) is 6.61 Å². The van der Waals surface area contributed by atoms with E-state index in [9.17, 15) is 0 Å². The molecular formula is C9H12BrN5O. The van der Waals surface area contributed by atoms with E-state index in [1.54, 1.807) is 4.52 Å². The second-order valence-electron chi connectivity index (χ2n) is 3.30. The lowest BCUT2D eigenvalue weighted by Gasteiger charge is -2.03. The molecule has 7 heteroatoms. The van der Waals surface area contributed by atoms with Crippen molar-refractivity contribution in [1.29, 1.82) is 0 Å². The smallest absolute Gasteiger partial charge is 0.151 e. The lowest BCUT2D eigenvalue weighted by Crippen LogP contribution is -2.17. The maximum atomic E-state index is 8.69. The Bertz CT molecular complexity index is 498. The molecule has 0 aliphatic carbocycles. The lowest BCUT2D eigenvalue weighted by molar-refractivity contribution is 0.292. The Morgan fingerprint density at radius 2 is 2.38 bits per heavy atom. The quantitative estimate of drug-likeness (QED) is 0.697. The molecule has 2 aromatic rings. The van der Waals surface area contributed by atoms with Crippen LogP contribution in [-0.4, -0.2) is 32.9 Å². The predicted octanol–water partition coefficient (Wildman–Crippen LogP) is 0.156. The zero-order valence-electron chi connectivity index (χ0n) is 8.52. The summed E-state index contributed by atoms with van der Waals surface area (Å²) in [5.41, 5.74) is 7.59. The summed E-state index contributed by atoms with van der Waals surface area (Å²) >= 11 is 3.40. The average Bonchev–Trinajstić information content (AvgIpc) is 2.58. The number of aliphatic hydroxyl groups excluding tert-OH is 1. The Morgan fingerprint density at radius 1 is 1.56 bits per heavy atom. The Morgan fingerprint density at radius 3 is 3.12 bits per heavy atom. The van der Waals surface area contributed by atoms with E-state index in [0.29, 0.717) is 18.9 Å². The third-order valence-electron chi connectivity index (χ3n) is 2.22. The molecule has 2 heterocycles. The van der Waals surface area contributed by atoms with E-state index >= 15 is 0 Å². The molecule has 0 aromatic carbocycles. The molecule has 4 N–H and O–H groups in total. The summed E-state index contributed by atoms with van der Waals surface area (Å²) in [4.78, 5) is 3.96. The first kappa shape index (κ1) is 11.3. The molecule has 6 nitrogen and oxygen atoms in total.